The standard InChI is InChI=1S/C13H18N4O.ClH/c1-9-5-4-6-10-13(9)17(3)11(16-10)7-15-12(18)8-14-2;/h4-6,14H,7-8H2,1-3H3,(H,15,18);1H. The number of benzene rings is 1. The van der Waals surface area contributed by atoms with Crippen LogP contribution in [0.5, 0.6) is 0 Å². The Morgan fingerprint density at radius 1 is 1.42 bits per heavy atom. The van der Waals surface area contributed by atoms with E-state index < -0.39 is 0 Å². The van der Waals surface area contributed by atoms with Crippen molar-refractivity contribution in [2.45, 2.75) is 13.5 Å². The predicted octanol–water partition coefficient (Wildman–Crippen LogP) is 1.14. The number of aromatic nitrogens is 2. The van der Waals surface area contributed by atoms with Crippen LogP contribution in [0.1, 0.15) is 11.4 Å². The molecule has 0 bridgehead atoms. The highest BCUT2D eigenvalue weighted by Gasteiger charge is 2.10. The zero-order valence-electron chi connectivity index (χ0n) is 11.4. The van der Waals surface area contributed by atoms with E-state index in [0.717, 1.165) is 16.9 Å². The molecule has 2 N–H and O–H groups in total. The van der Waals surface area contributed by atoms with Crippen LogP contribution < -0.4 is 10.6 Å². The molecule has 0 aliphatic heterocycles. The van der Waals surface area contributed by atoms with Crippen molar-refractivity contribution < 1.29 is 4.79 Å². The highest BCUT2D eigenvalue weighted by atomic mass is 35.5. The summed E-state index contributed by atoms with van der Waals surface area (Å²) in [5.74, 6) is 0.838. The summed E-state index contributed by atoms with van der Waals surface area (Å²) < 4.78 is 2.03. The molecule has 0 radical (unpaired) electrons. The van der Waals surface area contributed by atoms with E-state index in [1.807, 2.05) is 23.7 Å². The Labute approximate surface area is 118 Å². The van der Waals surface area contributed by atoms with Gasteiger partial charge in [0.25, 0.3) is 0 Å². The first kappa shape index (κ1) is 15.5. The minimum atomic E-state index is -0.0266. The van der Waals surface area contributed by atoms with Gasteiger partial charge in [-0.2, -0.15) is 0 Å². The summed E-state index contributed by atoms with van der Waals surface area (Å²) in [4.78, 5) is 15.9. The molecule has 1 amide bonds. The molecule has 1 aromatic carbocycles. The third kappa shape index (κ3) is 3.24. The number of imidazole rings is 1. The maximum Gasteiger partial charge on any atom is 0.234 e. The number of halogens is 1. The van der Waals surface area contributed by atoms with Gasteiger partial charge < -0.3 is 15.2 Å². The molecule has 19 heavy (non-hydrogen) atoms. The van der Waals surface area contributed by atoms with Crippen LogP contribution in [0.2, 0.25) is 0 Å². The lowest BCUT2D eigenvalue weighted by Crippen LogP contribution is -2.32. The van der Waals surface area contributed by atoms with Gasteiger partial charge in [0.2, 0.25) is 5.91 Å². The van der Waals surface area contributed by atoms with E-state index in [-0.39, 0.29) is 18.3 Å². The molecule has 0 unspecified atom stereocenters. The molecular formula is C13H19ClN4O. The molecular weight excluding hydrogens is 264 g/mol. The van der Waals surface area contributed by atoms with E-state index in [9.17, 15) is 4.79 Å². The van der Waals surface area contributed by atoms with Gasteiger partial charge in [0.05, 0.1) is 24.1 Å². The lowest BCUT2D eigenvalue weighted by Gasteiger charge is -2.05. The second-order valence-electron chi connectivity index (χ2n) is 4.34. The van der Waals surface area contributed by atoms with E-state index in [1.165, 1.54) is 5.56 Å². The fourth-order valence-corrected chi connectivity index (χ4v) is 2.07. The number of aryl methyl sites for hydroxylation is 2. The summed E-state index contributed by atoms with van der Waals surface area (Å²) in [7, 11) is 3.72. The average molecular weight is 283 g/mol. The van der Waals surface area contributed by atoms with Crippen molar-refractivity contribution in [3.63, 3.8) is 0 Å². The number of rotatable bonds is 4. The van der Waals surface area contributed by atoms with Crippen molar-refractivity contribution in [3.8, 4) is 0 Å². The van der Waals surface area contributed by atoms with Crippen molar-refractivity contribution >= 4 is 29.3 Å². The van der Waals surface area contributed by atoms with Crippen LogP contribution in [0.25, 0.3) is 11.0 Å². The quantitative estimate of drug-likeness (QED) is 0.884. The number of likely N-dealkylation sites (N-methyl/N-ethyl adjacent to an activating group) is 1. The monoisotopic (exact) mass is 282 g/mol. The number of para-hydroxylation sites is 1. The van der Waals surface area contributed by atoms with E-state index in [4.69, 9.17) is 0 Å². The van der Waals surface area contributed by atoms with Crippen LogP contribution in [-0.2, 0) is 18.4 Å². The summed E-state index contributed by atoms with van der Waals surface area (Å²) in [5, 5.41) is 5.65. The third-order valence-electron chi connectivity index (χ3n) is 2.97. The molecule has 2 aromatic rings. The first-order valence-electron chi connectivity index (χ1n) is 5.95. The fourth-order valence-electron chi connectivity index (χ4n) is 2.07. The molecule has 0 saturated carbocycles. The van der Waals surface area contributed by atoms with Crippen LogP contribution in [0.4, 0.5) is 0 Å². The summed E-state index contributed by atoms with van der Waals surface area (Å²) in [6, 6.07) is 6.04. The zero-order valence-corrected chi connectivity index (χ0v) is 12.2. The van der Waals surface area contributed by atoms with Crippen LogP contribution in [0, 0.1) is 6.92 Å². The van der Waals surface area contributed by atoms with E-state index in [1.54, 1.807) is 7.05 Å². The molecule has 2 rings (SSSR count). The van der Waals surface area contributed by atoms with Gasteiger partial charge >= 0.3 is 0 Å². The van der Waals surface area contributed by atoms with Gasteiger partial charge in [0.1, 0.15) is 5.82 Å². The summed E-state index contributed by atoms with van der Waals surface area (Å²) in [6.45, 7) is 2.83. The molecule has 1 aromatic heterocycles. The Kier molecular flexibility index (Phi) is 5.32. The van der Waals surface area contributed by atoms with Crippen LogP contribution in [0.3, 0.4) is 0 Å². The van der Waals surface area contributed by atoms with Crippen LogP contribution >= 0.6 is 12.4 Å². The smallest absolute Gasteiger partial charge is 0.234 e. The van der Waals surface area contributed by atoms with Gasteiger partial charge in [-0.1, -0.05) is 12.1 Å². The summed E-state index contributed by atoms with van der Waals surface area (Å²) in [6.07, 6.45) is 0. The Bertz CT molecular complexity index is 579. The summed E-state index contributed by atoms with van der Waals surface area (Å²) >= 11 is 0. The van der Waals surface area contributed by atoms with E-state index >= 15 is 0 Å². The van der Waals surface area contributed by atoms with Gasteiger partial charge in [-0.25, -0.2) is 4.98 Å². The van der Waals surface area contributed by atoms with Crippen LogP contribution in [-0.4, -0.2) is 29.1 Å². The van der Waals surface area contributed by atoms with Crippen molar-refractivity contribution in [2.75, 3.05) is 13.6 Å². The SMILES string of the molecule is CNCC(=O)NCc1nc2cccc(C)c2n1C.Cl. The minimum Gasteiger partial charge on any atom is -0.348 e. The number of hydrogen-bond acceptors (Lipinski definition) is 3. The Morgan fingerprint density at radius 2 is 2.16 bits per heavy atom. The Morgan fingerprint density at radius 3 is 2.79 bits per heavy atom. The number of amides is 1. The van der Waals surface area contributed by atoms with Gasteiger partial charge in [-0.3, -0.25) is 4.79 Å². The fraction of sp³-hybridized carbons (Fsp3) is 0.385. The predicted molar refractivity (Wildman–Crippen MR) is 78.5 cm³/mol. The Balaban J connectivity index is 0.00000180. The molecule has 6 heteroatoms. The molecule has 0 aliphatic carbocycles. The third-order valence-corrected chi connectivity index (χ3v) is 2.97. The number of nitrogens with one attached hydrogen (secondary N) is 2. The van der Waals surface area contributed by atoms with Crippen molar-refractivity contribution in [3.05, 3.63) is 29.6 Å². The summed E-state index contributed by atoms with van der Waals surface area (Å²) in [5.41, 5.74) is 3.28. The lowest BCUT2D eigenvalue weighted by atomic mass is 10.2. The molecule has 0 aliphatic rings. The molecule has 104 valence electrons. The van der Waals surface area contributed by atoms with Gasteiger partial charge in [-0.05, 0) is 25.6 Å². The second kappa shape index (κ2) is 6.54. The number of carbonyl (C=O) groups is 1. The number of fused-ring (bicyclic) bond motifs is 1. The molecule has 0 saturated heterocycles. The van der Waals surface area contributed by atoms with Crippen molar-refractivity contribution in [2.24, 2.45) is 7.05 Å². The van der Waals surface area contributed by atoms with Gasteiger partial charge in [0.15, 0.2) is 0 Å². The molecule has 1 heterocycles. The average Bonchev–Trinajstić information content (AvgIpc) is 2.65. The van der Waals surface area contributed by atoms with E-state index in [0.29, 0.717) is 13.1 Å². The molecule has 0 atom stereocenters. The van der Waals surface area contributed by atoms with Crippen molar-refractivity contribution in [1.29, 1.82) is 0 Å². The van der Waals surface area contributed by atoms with Crippen molar-refractivity contribution in [1.82, 2.24) is 20.2 Å². The highest BCUT2D eigenvalue weighted by Crippen LogP contribution is 2.18. The minimum absolute atomic E-state index is 0. The number of nitrogens with zero attached hydrogens (tertiary/aromatic N) is 2. The zero-order chi connectivity index (χ0) is 13.1. The normalized spacial score (nSPS) is 10.3. The lowest BCUT2D eigenvalue weighted by molar-refractivity contribution is -0.120. The van der Waals surface area contributed by atoms with Gasteiger partial charge in [-0.15, -0.1) is 12.4 Å². The molecule has 0 fully saturated rings. The van der Waals surface area contributed by atoms with Crippen LogP contribution in [0.15, 0.2) is 18.2 Å². The number of hydrogen-bond donors (Lipinski definition) is 2. The maximum atomic E-state index is 11.4. The first-order chi connectivity index (χ1) is 8.63. The maximum absolute atomic E-state index is 11.4. The van der Waals surface area contributed by atoms with E-state index in [2.05, 4.69) is 28.6 Å². The first-order valence-corrected chi connectivity index (χ1v) is 5.95. The largest absolute Gasteiger partial charge is 0.348 e. The van der Waals surface area contributed by atoms with Gasteiger partial charge in [0, 0.05) is 7.05 Å². The number of carbonyl (C=O) groups excluding carboxylic acids is 1. The molecule has 0 spiro atoms. The molecule has 5 nitrogen and oxygen atoms in total. The highest BCUT2D eigenvalue weighted by molar-refractivity contribution is 5.85. The topological polar surface area (TPSA) is 59.0 Å². The second-order valence-corrected chi connectivity index (χ2v) is 4.34. The Hall–Kier alpha value is -1.59.